The van der Waals surface area contributed by atoms with Gasteiger partial charge in [-0.15, -0.1) is 11.3 Å². The molecule has 0 aliphatic carbocycles. The van der Waals surface area contributed by atoms with Gasteiger partial charge in [0.1, 0.15) is 6.04 Å². The number of halogens is 2. The first-order chi connectivity index (χ1) is 14.5. The number of anilines is 2. The number of amides is 3. The molecule has 0 saturated carbocycles. The molecule has 1 aliphatic rings. The Hall–Kier alpha value is -2.03. The molecule has 1 fully saturated rings. The molecule has 1 aromatic carbocycles. The van der Waals surface area contributed by atoms with Gasteiger partial charge in [0.2, 0.25) is 5.91 Å². The lowest BCUT2D eigenvalue weighted by molar-refractivity contribution is -0.117. The van der Waals surface area contributed by atoms with Crippen molar-refractivity contribution in [2.24, 2.45) is 0 Å². The molecule has 3 rings (SSSR count). The molecule has 2 N–H and O–H groups in total. The minimum Gasteiger partial charge on any atom is -0.368 e. The highest BCUT2D eigenvalue weighted by atomic mass is 35.5. The summed E-state index contributed by atoms with van der Waals surface area (Å²) in [4.78, 5) is 33.4. The van der Waals surface area contributed by atoms with E-state index in [4.69, 9.17) is 23.2 Å². The molecule has 0 bridgehead atoms. The summed E-state index contributed by atoms with van der Waals surface area (Å²) in [5, 5.41) is 9.05. The molecule has 2 heterocycles. The molecule has 10 heteroatoms. The number of nitrogens with zero attached hydrogens (tertiary/aromatic N) is 3. The fourth-order valence-corrected chi connectivity index (χ4v) is 4.31. The lowest BCUT2D eigenvalue weighted by Gasteiger charge is -2.36. The Morgan fingerprint density at radius 3 is 2.39 bits per heavy atom. The van der Waals surface area contributed by atoms with Crippen LogP contribution in [0, 0.1) is 0 Å². The molecule has 31 heavy (non-hydrogen) atoms. The number of urea groups is 1. The number of hydrogen-bond donors (Lipinski definition) is 2. The van der Waals surface area contributed by atoms with Crippen molar-refractivity contribution in [1.29, 1.82) is 0 Å². The minimum atomic E-state index is -0.678. The summed E-state index contributed by atoms with van der Waals surface area (Å²) in [6.07, 6.45) is 0. The molecular formula is C21H27Cl2N5O2S. The molecule has 168 valence electrons. The molecule has 0 spiro atoms. The van der Waals surface area contributed by atoms with Crippen molar-refractivity contribution in [3.63, 3.8) is 0 Å². The summed E-state index contributed by atoms with van der Waals surface area (Å²) in [5.74, 6) is -0.294. The Labute approximate surface area is 196 Å². The van der Waals surface area contributed by atoms with Crippen molar-refractivity contribution in [3.8, 4) is 0 Å². The maximum atomic E-state index is 12.6. The Balaban J connectivity index is 1.49. The van der Waals surface area contributed by atoms with Gasteiger partial charge in [0, 0.05) is 42.7 Å². The number of piperazine rings is 1. The Kier molecular flexibility index (Phi) is 7.34. The normalized spacial score (nSPS) is 15.5. The molecule has 1 aromatic heterocycles. The van der Waals surface area contributed by atoms with Crippen LogP contribution in [0.25, 0.3) is 0 Å². The number of benzene rings is 1. The second-order valence-electron chi connectivity index (χ2n) is 8.52. The monoisotopic (exact) mass is 483 g/mol. The van der Waals surface area contributed by atoms with Crippen LogP contribution in [0.4, 0.5) is 15.6 Å². The average Bonchev–Trinajstić information content (AvgIpc) is 3.19. The summed E-state index contributed by atoms with van der Waals surface area (Å²) in [5.41, 5.74) is 1.81. The van der Waals surface area contributed by atoms with Crippen LogP contribution in [0.5, 0.6) is 0 Å². The van der Waals surface area contributed by atoms with Gasteiger partial charge in [-0.05, 0) is 25.1 Å². The van der Waals surface area contributed by atoms with Gasteiger partial charge >= 0.3 is 6.03 Å². The SMILES string of the molecule is CC(NC(=O)N1CCN(c2ccc(Cl)c(Cl)c2)CC1)C(=O)Nc1nc(C(C)(C)C)cs1. The predicted octanol–water partition coefficient (Wildman–Crippen LogP) is 4.61. The zero-order chi connectivity index (χ0) is 22.8. The van der Waals surface area contributed by atoms with Crippen LogP contribution < -0.4 is 15.5 Å². The lowest BCUT2D eigenvalue weighted by atomic mass is 9.93. The number of carbonyl (C=O) groups excluding carboxylic acids is 2. The molecule has 0 radical (unpaired) electrons. The van der Waals surface area contributed by atoms with Gasteiger partial charge in [0.25, 0.3) is 0 Å². The van der Waals surface area contributed by atoms with E-state index in [1.54, 1.807) is 17.9 Å². The largest absolute Gasteiger partial charge is 0.368 e. The summed E-state index contributed by atoms with van der Waals surface area (Å²) in [6, 6.07) is 4.58. The van der Waals surface area contributed by atoms with Gasteiger partial charge in [0.15, 0.2) is 5.13 Å². The Morgan fingerprint density at radius 2 is 1.81 bits per heavy atom. The highest BCUT2D eigenvalue weighted by Crippen LogP contribution is 2.28. The van der Waals surface area contributed by atoms with E-state index in [9.17, 15) is 9.59 Å². The van der Waals surface area contributed by atoms with E-state index < -0.39 is 6.04 Å². The van der Waals surface area contributed by atoms with E-state index in [1.807, 2.05) is 17.5 Å². The van der Waals surface area contributed by atoms with Crippen LogP contribution in [0.2, 0.25) is 10.0 Å². The van der Waals surface area contributed by atoms with Gasteiger partial charge in [-0.1, -0.05) is 44.0 Å². The number of carbonyl (C=O) groups is 2. The smallest absolute Gasteiger partial charge is 0.318 e. The van der Waals surface area contributed by atoms with Crippen LogP contribution in [0.15, 0.2) is 23.6 Å². The van der Waals surface area contributed by atoms with Crippen LogP contribution in [-0.4, -0.2) is 54.0 Å². The minimum absolute atomic E-state index is 0.0845. The molecule has 2 aromatic rings. The topological polar surface area (TPSA) is 77.6 Å². The summed E-state index contributed by atoms with van der Waals surface area (Å²) in [7, 11) is 0. The first-order valence-corrected chi connectivity index (χ1v) is 11.7. The fourth-order valence-electron chi connectivity index (χ4n) is 3.08. The third-order valence-corrected chi connectivity index (χ3v) is 6.57. The first-order valence-electron chi connectivity index (χ1n) is 10.1. The quantitative estimate of drug-likeness (QED) is 0.665. The summed E-state index contributed by atoms with van der Waals surface area (Å²) < 4.78 is 0. The second kappa shape index (κ2) is 9.63. The number of thiazole rings is 1. The van der Waals surface area contributed by atoms with Crippen LogP contribution in [0.1, 0.15) is 33.4 Å². The van der Waals surface area contributed by atoms with Gasteiger partial charge in [0.05, 0.1) is 15.7 Å². The lowest BCUT2D eigenvalue weighted by Crippen LogP contribution is -2.54. The van der Waals surface area contributed by atoms with E-state index in [2.05, 4.69) is 41.3 Å². The predicted molar refractivity (Wildman–Crippen MR) is 128 cm³/mol. The molecular weight excluding hydrogens is 457 g/mol. The Morgan fingerprint density at radius 1 is 1.13 bits per heavy atom. The molecule has 7 nitrogen and oxygen atoms in total. The first kappa shape index (κ1) is 23.6. The third kappa shape index (κ3) is 6.02. The number of nitrogens with one attached hydrogen (secondary N) is 2. The highest BCUT2D eigenvalue weighted by molar-refractivity contribution is 7.14. The van der Waals surface area contributed by atoms with Crippen molar-refractivity contribution < 1.29 is 9.59 Å². The number of hydrogen-bond acceptors (Lipinski definition) is 5. The van der Waals surface area contributed by atoms with Gasteiger partial charge in [-0.25, -0.2) is 9.78 Å². The zero-order valence-electron chi connectivity index (χ0n) is 18.0. The summed E-state index contributed by atoms with van der Waals surface area (Å²) in [6.45, 7) is 10.3. The van der Waals surface area contributed by atoms with E-state index in [-0.39, 0.29) is 17.4 Å². The Bertz CT molecular complexity index is 951. The number of rotatable bonds is 4. The van der Waals surface area contributed by atoms with Crippen molar-refractivity contribution in [3.05, 3.63) is 39.3 Å². The second-order valence-corrected chi connectivity index (χ2v) is 10.2. The fraction of sp³-hybridized carbons (Fsp3) is 0.476. The van der Waals surface area contributed by atoms with Crippen molar-refractivity contribution in [1.82, 2.24) is 15.2 Å². The number of aromatic nitrogens is 1. The maximum Gasteiger partial charge on any atom is 0.318 e. The van der Waals surface area contributed by atoms with Gasteiger partial charge in [-0.3, -0.25) is 4.79 Å². The van der Waals surface area contributed by atoms with Crippen LogP contribution in [-0.2, 0) is 10.2 Å². The van der Waals surface area contributed by atoms with E-state index in [0.29, 0.717) is 41.4 Å². The van der Waals surface area contributed by atoms with E-state index in [1.165, 1.54) is 11.3 Å². The van der Waals surface area contributed by atoms with Crippen molar-refractivity contribution in [2.75, 3.05) is 36.4 Å². The molecule has 1 unspecified atom stereocenters. The van der Waals surface area contributed by atoms with Crippen molar-refractivity contribution in [2.45, 2.75) is 39.2 Å². The van der Waals surface area contributed by atoms with Crippen LogP contribution >= 0.6 is 34.5 Å². The maximum absolute atomic E-state index is 12.6. The summed E-state index contributed by atoms with van der Waals surface area (Å²) >= 11 is 13.5. The van der Waals surface area contributed by atoms with E-state index >= 15 is 0 Å². The van der Waals surface area contributed by atoms with Gasteiger partial charge < -0.3 is 20.4 Å². The van der Waals surface area contributed by atoms with Crippen LogP contribution in [0.3, 0.4) is 0 Å². The average molecular weight is 484 g/mol. The molecule has 1 aliphatic heterocycles. The standard InChI is InChI=1S/C21H27Cl2N5O2S/c1-13(18(29)26-19-25-17(12-31-19)21(2,3)4)24-20(30)28-9-7-27(8-10-28)14-5-6-15(22)16(23)11-14/h5-6,11-13H,7-10H2,1-4H3,(H,24,30)(H,25,26,29). The third-order valence-electron chi connectivity index (χ3n) is 5.07. The molecule has 1 saturated heterocycles. The van der Waals surface area contributed by atoms with Crippen molar-refractivity contribution >= 4 is 57.3 Å². The zero-order valence-corrected chi connectivity index (χ0v) is 20.4. The van der Waals surface area contributed by atoms with Gasteiger partial charge in [-0.2, -0.15) is 0 Å². The highest BCUT2D eigenvalue weighted by Gasteiger charge is 2.25. The molecule has 3 amide bonds. The molecule has 1 atom stereocenters. The van der Waals surface area contributed by atoms with E-state index in [0.717, 1.165) is 11.4 Å².